The number of aryl methyl sites for hydroxylation is 1. The molecular formula is C11H19N3O2. The number of nitrogens with one attached hydrogen (secondary N) is 1. The van der Waals surface area contributed by atoms with Gasteiger partial charge in [-0.2, -0.15) is 0 Å². The Hall–Kier alpha value is -1.36. The topological polar surface area (TPSA) is 67.2 Å². The molecule has 0 aliphatic carbocycles. The van der Waals surface area contributed by atoms with E-state index in [4.69, 9.17) is 5.11 Å². The van der Waals surface area contributed by atoms with Gasteiger partial charge in [0, 0.05) is 19.4 Å². The van der Waals surface area contributed by atoms with Gasteiger partial charge in [-0.25, -0.2) is 4.98 Å². The lowest BCUT2D eigenvalue weighted by Gasteiger charge is -2.16. The molecule has 1 heterocycles. The first kappa shape index (κ1) is 12.7. The summed E-state index contributed by atoms with van der Waals surface area (Å²) in [6.45, 7) is 4.50. The van der Waals surface area contributed by atoms with Gasteiger partial charge in [-0.05, 0) is 12.3 Å². The SMILES string of the molecule is CC(C)CC(NCc1nccn1C)C(=O)O. The minimum Gasteiger partial charge on any atom is -0.480 e. The summed E-state index contributed by atoms with van der Waals surface area (Å²) in [4.78, 5) is 15.1. The van der Waals surface area contributed by atoms with Crippen LogP contribution < -0.4 is 5.32 Å². The van der Waals surface area contributed by atoms with Gasteiger partial charge in [0.1, 0.15) is 11.9 Å². The lowest BCUT2D eigenvalue weighted by Crippen LogP contribution is -2.37. The Kier molecular flexibility index (Phi) is 4.49. The van der Waals surface area contributed by atoms with E-state index >= 15 is 0 Å². The molecule has 1 unspecified atom stereocenters. The maximum absolute atomic E-state index is 11.0. The van der Waals surface area contributed by atoms with Crippen LogP contribution in [0.2, 0.25) is 0 Å². The maximum Gasteiger partial charge on any atom is 0.320 e. The van der Waals surface area contributed by atoms with Crippen molar-refractivity contribution in [2.75, 3.05) is 0 Å². The van der Waals surface area contributed by atoms with Gasteiger partial charge in [0.15, 0.2) is 0 Å². The molecule has 0 amide bonds. The molecule has 1 atom stereocenters. The van der Waals surface area contributed by atoms with E-state index in [9.17, 15) is 4.79 Å². The number of carboxylic acid groups (broad SMARTS) is 1. The van der Waals surface area contributed by atoms with E-state index < -0.39 is 12.0 Å². The number of carbonyl (C=O) groups is 1. The van der Waals surface area contributed by atoms with E-state index in [1.165, 1.54) is 0 Å². The average molecular weight is 225 g/mol. The number of rotatable bonds is 6. The number of carboxylic acids is 1. The van der Waals surface area contributed by atoms with E-state index in [1.807, 2.05) is 31.7 Å². The molecule has 0 saturated carbocycles. The first-order valence-electron chi connectivity index (χ1n) is 5.43. The van der Waals surface area contributed by atoms with Crippen LogP contribution in [-0.4, -0.2) is 26.7 Å². The van der Waals surface area contributed by atoms with Crippen molar-refractivity contribution in [3.05, 3.63) is 18.2 Å². The molecule has 1 rings (SSSR count). The fourth-order valence-electron chi connectivity index (χ4n) is 1.52. The second-order valence-electron chi connectivity index (χ2n) is 4.36. The molecule has 1 aromatic rings. The molecule has 0 aliphatic heterocycles. The molecule has 5 heteroatoms. The van der Waals surface area contributed by atoms with Crippen LogP contribution in [0.1, 0.15) is 26.1 Å². The molecule has 5 nitrogen and oxygen atoms in total. The summed E-state index contributed by atoms with van der Waals surface area (Å²) >= 11 is 0. The van der Waals surface area contributed by atoms with Crippen molar-refractivity contribution >= 4 is 5.97 Å². The monoisotopic (exact) mass is 225 g/mol. The van der Waals surface area contributed by atoms with Crippen molar-refractivity contribution in [2.24, 2.45) is 13.0 Å². The summed E-state index contributed by atoms with van der Waals surface area (Å²) in [5.74, 6) is 0.396. The second kappa shape index (κ2) is 5.65. The number of imidazole rings is 1. The molecule has 0 fully saturated rings. The fourth-order valence-corrected chi connectivity index (χ4v) is 1.52. The first-order valence-corrected chi connectivity index (χ1v) is 5.43. The van der Waals surface area contributed by atoms with Crippen molar-refractivity contribution in [1.82, 2.24) is 14.9 Å². The number of hydrogen-bond donors (Lipinski definition) is 2. The van der Waals surface area contributed by atoms with Gasteiger partial charge in [0.25, 0.3) is 0 Å². The molecule has 0 aliphatic rings. The molecule has 0 spiro atoms. The number of aliphatic carboxylic acids is 1. The highest BCUT2D eigenvalue weighted by molar-refractivity contribution is 5.73. The van der Waals surface area contributed by atoms with Crippen molar-refractivity contribution in [3.63, 3.8) is 0 Å². The van der Waals surface area contributed by atoms with Gasteiger partial charge in [-0.15, -0.1) is 0 Å². The predicted octanol–water partition coefficient (Wildman–Crippen LogP) is 1.01. The third kappa shape index (κ3) is 3.66. The maximum atomic E-state index is 11.0. The van der Waals surface area contributed by atoms with Crippen LogP contribution in [0.25, 0.3) is 0 Å². The van der Waals surface area contributed by atoms with Crippen LogP contribution in [0.15, 0.2) is 12.4 Å². The third-order valence-corrected chi connectivity index (χ3v) is 2.43. The second-order valence-corrected chi connectivity index (χ2v) is 4.36. The zero-order valence-corrected chi connectivity index (χ0v) is 9.97. The van der Waals surface area contributed by atoms with Gasteiger partial charge in [-0.3, -0.25) is 10.1 Å². The molecule has 1 aromatic heterocycles. The van der Waals surface area contributed by atoms with Crippen molar-refractivity contribution in [3.8, 4) is 0 Å². The van der Waals surface area contributed by atoms with E-state index in [0.29, 0.717) is 18.9 Å². The minimum atomic E-state index is -0.803. The summed E-state index contributed by atoms with van der Waals surface area (Å²) in [6.07, 6.45) is 4.17. The quantitative estimate of drug-likeness (QED) is 0.758. The van der Waals surface area contributed by atoms with Crippen LogP contribution >= 0.6 is 0 Å². The third-order valence-electron chi connectivity index (χ3n) is 2.43. The Morgan fingerprint density at radius 2 is 2.31 bits per heavy atom. The normalized spacial score (nSPS) is 13.0. The molecule has 0 bridgehead atoms. The zero-order chi connectivity index (χ0) is 12.1. The molecular weight excluding hydrogens is 206 g/mol. The molecule has 0 saturated heterocycles. The largest absolute Gasteiger partial charge is 0.480 e. The highest BCUT2D eigenvalue weighted by Gasteiger charge is 2.18. The van der Waals surface area contributed by atoms with E-state index in [1.54, 1.807) is 6.20 Å². The van der Waals surface area contributed by atoms with E-state index in [2.05, 4.69) is 10.3 Å². The Morgan fingerprint density at radius 1 is 1.62 bits per heavy atom. The van der Waals surface area contributed by atoms with Gasteiger partial charge < -0.3 is 9.67 Å². The number of aromatic nitrogens is 2. The molecule has 16 heavy (non-hydrogen) atoms. The summed E-state index contributed by atoms with van der Waals surface area (Å²) in [6, 6.07) is -0.503. The highest BCUT2D eigenvalue weighted by atomic mass is 16.4. The Labute approximate surface area is 95.5 Å². The summed E-state index contributed by atoms with van der Waals surface area (Å²) in [5, 5.41) is 12.0. The smallest absolute Gasteiger partial charge is 0.320 e. The Balaban J connectivity index is 2.50. The summed E-state index contributed by atoms with van der Waals surface area (Å²) in [5.41, 5.74) is 0. The van der Waals surface area contributed by atoms with Crippen LogP contribution in [0.5, 0.6) is 0 Å². The Bertz CT molecular complexity index is 347. The van der Waals surface area contributed by atoms with Gasteiger partial charge in [-0.1, -0.05) is 13.8 Å². The van der Waals surface area contributed by atoms with Crippen molar-refractivity contribution in [1.29, 1.82) is 0 Å². The average Bonchev–Trinajstić information content (AvgIpc) is 2.57. The van der Waals surface area contributed by atoms with Gasteiger partial charge in [0.05, 0.1) is 6.54 Å². The predicted molar refractivity (Wildman–Crippen MR) is 60.9 cm³/mol. The number of nitrogens with zero attached hydrogens (tertiary/aromatic N) is 2. The first-order chi connectivity index (χ1) is 7.50. The lowest BCUT2D eigenvalue weighted by atomic mass is 10.0. The van der Waals surface area contributed by atoms with Crippen LogP contribution in [-0.2, 0) is 18.4 Å². The van der Waals surface area contributed by atoms with Crippen molar-refractivity contribution < 1.29 is 9.90 Å². The van der Waals surface area contributed by atoms with Gasteiger partial charge >= 0.3 is 5.97 Å². The Morgan fingerprint density at radius 3 is 2.75 bits per heavy atom. The number of hydrogen-bond acceptors (Lipinski definition) is 3. The zero-order valence-electron chi connectivity index (χ0n) is 9.97. The molecule has 0 aromatic carbocycles. The van der Waals surface area contributed by atoms with Crippen LogP contribution in [0.3, 0.4) is 0 Å². The summed E-state index contributed by atoms with van der Waals surface area (Å²) < 4.78 is 1.88. The van der Waals surface area contributed by atoms with Crippen LogP contribution in [0.4, 0.5) is 0 Å². The van der Waals surface area contributed by atoms with Crippen molar-refractivity contribution in [2.45, 2.75) is 32.9 Å². The standard InChI is InChI=1S/C11H19N3O2/c1-8(2)6-9(11(15)16)13-7-10-12-4-5-14(10)3/h4-5,8-9,13H,6-7H2,1-3H3,(H,15,16). The van der Waals surface area contributed by atoms with Crippen LogP contribution in [0, 0.1) is 5.92 Å². The fraction of sp³-hybridized carbons (Fsp3) is 0.636. The molecule has 90 valence electrons. The highest BCUT2D eigenvalue weighted by Crippen LogP contribution is 2.05. The molecule has 2 N–H and O–H groups in total. The summed E-state index contributed by atoms with van der Waals surface area (Å²) in [7, 11) is 1.89. The van der Waals surface area contributed by atoms with E-state index in [-0.39, 0.29) is 0 Å². The van der Waals surface area contributed by atoms with E-state index in [0.717, 1.165) is 5.82 Å². The van der Waals surface area contributed by atoms with Gasteiger partial charge in [0.2, 0.25) is 0 Å². The minimum absolute atomic E-state index is 0.356. The lowest BCUT2D eigenvalue weighted by molar-refractivity contribution is -0.140. The molecule has 0 radical (unpaired) electrons.